The highest BCUT2D eigenvalue weighted by Gasteiger charge is 2.12. The topological polar surface area (TPSA) is 57.8 Å². The van der Waals surface area contributed by atoms with Crippen LogP contribution in [0.25, 0.3) is 0 Å². The third-order valence-electron chi connectivity index (χ3n) is 3.41. The molecule has 112 valence electrons. The van der Waals surface area contributed by atoms with E-state index in [1.54, 1.807) is 0 Å². The molecule has 2 rings (SSSR count). The molecule has 0 aliphatic rings. The number of nitrogens with zero attached hydrogens (tertiary/aromatic N) is 1. The van der Waals surface area contributed by atoms with Crippen LogP contribution in [0.5, 0.6) is 0 Å². The number of H-pyrrole nitrogens is 1. The van der Waals surface area contributed by atoms with Gasteiger partial charge in [-0.25, -0.2) is 0 Å². The van der Waals surface area contributed by atoms with Crippen LogP contribution in [-0.4, -0.2) is 21.9 Å². The molecule has 4 nitrogen and oxygen atoms in total. The average Bonchev–Trinajstić information content (AvgIpc) is 2.78. The van der Waals surface area contributed by atoms with Gasteiger partial charge in [0.05, 0.1) is 16.3 Å². The zero-order valence-corrected chi connectivity index (χ0v) is 13.7. The highest BCUT2D eigenvalue weighted by molar-refractivity contribution is 8.00. The Morgan fingerprint density at radius 1 is 1.33 bits per heavy atom. The van der Waals surface area contributed by atoms with Gasteiger partial charge in [-0.3, -0.25) is 9.89 Å². The Kier molecular flexibility index (Phi) is 5.07. The van der Waals surface area contributed by atoms with Crippen LogP contribution in [0.1, 0.15) is 29.4 Å². The molecule has 5 heteroatoms. The van der Waals surface area contributed by atoms with Gasteiger partial charge in [-0.1, -0.05) is 25.1 Å². The van der Waals surface area contributed by atoms with Crippen molar-refractivity contribution in [2.24, 2.45) is 0 Å². The Hall–Kier alpha value is -1.75. The molecule has 0 bridgehead atoms. The van der Waals surface area contributed by atoms with Gasteiger partial charge in [-0.05, 0) is 38.3 Å². The second kappa shape index (κ2) is 6.80. The lowest BCUT2D eigenvalue weighted by molar-refractivity contribution is -0.113. The number of hydrogen-bond donors (Lipinski definition) is 2. The molecule has 21 heavy (non-hydrogen) atoms. The van der Waals surface area contributed by atoms with Gasteiger partial charge >= 0.3 is 0 Å². The van der Waals surface area contributed by atoms with Gasteiger partial charge in [0.25, 0.3) is 0 Å². The van der Waals surface area contributed by atoms with Crippen LogP contribution in [0.15, 0.2) is 23.1 Å². The highest BCUT2D eigenvalue weighted by atomic mass is 32.2. The predicted octanol–water partition coefficient (Wildman–Crippen LogP) is 3.63. The molecule has 1 aromatic carbocycles. The first-order valence-electron chi connectivity index (χ1n) is 7.05. The number of anilines is 1. The van der Waals surface area contributed by atoms with E-state index < -0.39 is 0 Å². The average molecular weight is 303 g/mol. The van der Waals surface area contributed by atoms with Crippen LogP contribution in [-0.2, 0) is 11.2 Å². The second-order valence-electron chi connectivity index (χ2n) is 5.06. The summed E-state index contributed by atoms with van der Waals surface area (Å²) in [5.74, 6) is 0.405. The zero-order valence-electron chi connectivity index (χ0n) is 12.9. The van der Waals surface area contributed by atoms with Crippen LogP contribution < -0.4 is 5.32 Å². The van der Waals surface area contributed by atoms with Crippen molar-refractivity contribution < 1.29 is 4.79 Å². The molecule has 0 spiro atoms. The number of rotatable bonds is 5. The van der Waals surface area contributed by atoms with Gasteiger partial charge in [-0.15, -0.1) is 11.8 Å². The normalized spacial score (nSPS) is 10.7. The van der Waals surface area contributed by atoms with Crippen molar-refractivity contribution in [2.75, 3.05) is 11.1 Å². The summed E-state index contributed by atoms with van der Waals surface area (Å²) in [7, 11) is 0. The van der Waals surface area contributed by atoms with Crippen molar-refractivity contribution in [1.29, 1.82) is 0 Å². The van der Waals surface area contributed by atoms with Crippen molar-refractivity contribution in [2.45, 2.75) is 39.0 Å². The summed E-state index contributed by atoms with van der Waals surface area (Å²) in [4.78, 5) is 13.2. The van der Waals surface area contributed by atoms with Gasteiger partial charge in [0, 0.05) is 11.4 Å². The molecule has 0 fully saturated rings. The van der Waals surface area contributed by atoms with Crippen LogP contribution in [0, 0.1) is 20.8 Å². The Balaban J connectivity index is 2.03. The van der Waals surface area contributed by atoms with E-state index in [0.29, 0.717) is 5.75 Å². The first kappa shape index (κ1) is 15.6. The lowest BCUT2D eigenvalue weighted by Crippen LogP contribution is -2.16. The van der Waals surface area contributed by atoms with Crippen molar-refractivity contribution >= 4 is 23.4 Å². The Bertz CT molecular complexity index is 629. The number of benzene rings is 1. The summed E-state index contributed by atoms with van der Waals surface area (Å²) in [5, 5.41) is 10.1. The lowest BCUT2D eigenvalue weighted by Gasteiger charge is -2.12. The van der Waals surface area contributed by atoms with E-state index in [9.17, 15) is 4.79 Å². The van der Waals surface area contributed by atoms with Gasteiger partial charge in [0.15, 0.2) is 0 Å². The molecule has 0 saturated carbocycles. The van der Waals surface area contributed by atoms with Crippen LogP contribution in [0.2, 0.25) is 0 Å². The monoisotopic (exact) mass is 303 g/mol. The van der Waals surface area contributed by atoms with Crippen molar-refractivity contribution in [3.8, 4) is 0 Å². The fourth-order valence-electron chi connectivity index (χ4n) is 2.27. The minimum Gasteiger partial charge on any atom is -0.325 e. The molecular formula is C16H21N3OS. The number of carbonyl (C=O) groups excluding carboxylic acids is 1. The molecule has 0 atom stereocenters. The maximum Gasteiger partial charge on any atom is 0.234 e. The standard InChI is InChI=1S/C16H21N3OS/c1-5-13-8-6-7-10(2)15(13)17-14(20)9-21-16-11(3)18-19-12(16)4/h6-8H,5,9H2,1-4H3,(H,17,20)(H,18,19). The van der Waals surface area contributed by atoms with E-state index in [0.717, 1.165) is 34.0 Å². The molecule has 1 aromatic heterocycles. The fourth-order valence-corrected chi connectivity index (χ4v) is 3.13. The number of aryl methyl sites for hydroxylation is 4. The van der Waals surface area contributed by atoms with Crippen LogP contribution in [0.4, 0.5) is 5.69 Å². The summed E-state index contributed by atoms with van der Waals surface area (Å²) in [6.07, 6.45) is 0.907. The zero-order chi connectivity index (χ0) is 15.4. The van der Waals surface area contributed by atoms with Gasteiger partial charge in [-0.2, -0.15) is 5.10 Å². The number of thioether (sulfide) groups is 1. The smallest absolute Gasteiger partial charge is 0.234 e. The Morgan fingerprint density at radius 2 is 2.10 bits per heavy atom. The first-order chi connectivity index (χ1) is 10.0. The van der Waals surface area contributed by atoms with Gasteiger partial charge < -0.3 is 5.32 Å². The molecule has 0 aliphatic heterocycles. The predicted molar refractivity (Wildman–Crippen MR) is 88.0 cm³/mol. The summed E-state index contributed by atoms with van der Waals surface area (Å²) in [6, 6.07) is 6.10. The number of para-hydroxylation sites is 1. The van der Waals surface area contributed by atoms with E-state index in [1.165, 1.54) is 17.3 Å². The van der Waals surface area contributed by atoms with E-state index in [-0.39, 0.29) is 5.91 Å². The number of carbonyl (C=O) groups is 1. The van der Waals surface area contributed by atoms with Gasteiger partial charge in [0.1, 0.15) is 0 Å². The summed E-state index contributed by atoms with van der Waals surface area (Å²) in [6.45, 7) is 8.03. The lowest BCUT2D eigenvalue weighted by atomic mass is 10.1. The number of nitrogens with one attached hydrogen (secondary N) is 2. The molecule has 1 amide bonds. The van der Waals surface area contributed by atoms with Crippen LogP contribution in [0.3, 0.4) is 0 Å². The highest BCUT2D eigenvalue weighted by Crippen LogP contribution is 2.25. The number of amides is 1. The third-order valence-corrected chi connectivity index (χ3v) is 4.71. The number of aromatic amines is 1. The minimum absolute atomic E-state index is 0.0176. The van der Waals surface area contributed by atoms with Crippen molar-refractivity contribution in [3.05, 3.63) is 40.7 Å². The molecule has 2 aromatic rings. The second-order valence-corrected chi connectivity index (χ2v) is 6.05. The maximum absolute atomic E-state index is 12.2. The number of hydrogen-bond acceptors (Lipinski definition) is 3. The molecule has 0 aliphatic carbocycles. The maximum atomic E-state index is 12.2. The van der Waals surface area contributed by atoms with Crippen molar-refractivity contribution in [3.63, 3.8) is 0 Å². The quantitative estimate of drug-likeness (QED) is 0.829. The Labute approximate surface area is 129 Å². The van der Waals surface area contributed by atoms with E-state index >= 15 is 0 Å². The molecule has 0 radical (unpaired) electrons. The largest absolute Gasteiger partial charge is 0.325 e. The minimum atomic E-state index is 0.0176. The van der Waals surface area contributed by atoms with Crippen LogP contribution >= 0.6 is 11.8 Å². The fraction of sp³-hybridized carbons (Fsp3) is 0.375. The molecular weight excluding hydrogens is 282 g/mol. The molecule has 2 N–H and O–H groups in total. The summed E-state index contributed by atoms with van der Waals surface area (Å²) >= 11 is 1.52. The Morgan fingerprint density at radius 3 is 2.71 bits per heavy atom. The molecule has 1 heterocycles. The SMILES string of the molecule is CCc1cccc(C)c1NC(=O)CSc1c(C)n[nH]c1C. The van der Waals surface area contributed by atoms with Crippen molar-refractivity contribution in [1.82, 2.24) is 10.2 Å². The third kappa shape index (κ3) is 3.67. The van der Waals surface area contributed by atoms with E-state index in [4.69, 9.17) is 0 Å². The summed E-state index contributed by atoms with van der Waals surface area (Å²) < 4.78 is 0. The molecule has 0 unspecified atom stereocenters. The van der Waals surface area contributed by atoms with E-state index in [1.807, 2.05) is 32.9 Å². The number of aromatic nitrogens is 2. The molecule has 0 saturated heterocycles. The van der Waals surface area contributed by atoms with Gasteiger partial charge in [0.2, 0.25) is 5.91 Å². The summed E-state index contributed by atoms with van der Waals surface area (Å²) in [5.41, 5.74) is 5.17. The van der Waals surface area contributed by atoms with E-state index in [2.05, 4.69) is 28.5 Å². The first-order valence-corrected chi connectivity index (χ1v) is 8.04.